The predicted octanol–water partition coefficient (Wildman–Crippen LogP) is 2.57. The Kier molecular flexibility index (Phi) is 4.23. The summed E-state index contributed by atoms with van der Waals surface area (Å²) in [6.45, 7) is 8.48. The highest BCUT2D eigenvalue weighted by atomic mass is 32.2. The summed E-state index contributed by atoms with van der Waals surface area (Å²) >= 11 is 0. The number of rotatable bonds is 4. The topological polar surface area (TPSA) is 47.7 Å². The average Bonchev–Trinajstić information content (AvgIpc) is 2.27. The van der Waals surface area contributed by atoms with Gasteiger partial charge in [-0.15, -0.1) is 0 Å². The van der Waals surface area contributed by atoms with E-state index >= 15 is 0 Å². The Morgan fingerprint density at radius 2 is 2.00 bits per heavy atom. The zero-order valence-electron chi connectivity index (χ0n) is 8.75. The van der Waals surface area contributed by atoms with E-state index in [1.54, 1.807) is 31.2 Å². The normalized spacial score (nSPS) is 11.5. The Balaban J connectivity index is 2.81. The number of nitrogens with zero attached hydrogens (tertiary/aromatic N) is 1. The van der Waals surface area contributed by atoms with E-state index in [2.05, 4.69) is 9.03 Å². The summed E-state index contributed by atoms with van der Waals surface area (Å²) in [7, 11) is -3.59. The number of hydrogen-bond donors (Lipinski definition) is 0. The van der Waals surface area contributed by atoms with Crippen LogP contribution in [0.25, 0.3) is 10.9 Å². The van der Waals surface area contributed by atoms with Gasteiger partial charge in [0.15, 0.2) is 5.69 Å². The highest BCUT2D eigenvalue weighted by Gasteiger charge is 2.02. The Hall–Kier alpha value is -1.64. The third-order valence-electron chi connectivity index (χ3n) is 1.73. The molecule has 0 saturated carbocycles. The highest BCUT2D eigenvalue weighted by Crippen LogP contribution is 2.14. The minimum atomic E-state index is -3.59. The molecule has 0 N–H and O–H groups in total. The summed E-state index contributed by atoms with van der Waals surface area (Å²) in [5.41, 5.74) is 1.22. The van der Waals surface area contributed by atoms with E-state index in [4.69, 9.17) is 6.57 Å². The fourth-order valence-electron chi connectivity index (χ4n) is 1.03. The van der Waals surface area contributed by atoms with Crippen molar-refractivity contribution in [2.45, 2.75) is 6.92 Å². The van der Waals surface area contributed by atoms with Gasteiger partial charge < -0.3 is 0 Å². The lowest BCUT2D eigenvalue weighted by molar-refractivity contribution is 0.345. The maximum absolute atomic E-state index is 11.2. The molecule has 0 fully saturated rings. The molecular weight excluding hydrogens is 226 g/mol. The van der Waals surface area contributed by atoms with Crippen LogP contribution in [0.3, 0.4) is 0 Å². The van der Waals surface area contributed by atoms with Crippen molar-refractivity contribution >= 4 is 21.9 Å². The molecule has 0 heterocycles. The molecule has 16 heavy (non-hydrogen) atoms. The Morgan fingerprint density at radius 1 is 1.38 bits per heavy atom. The van der Waals surface area contributed by atoms with Gasteiger partial charge in [-0.2, -0.15) is 8.42 Å². The lowest BCUT2D eigenvalue weighted by Gasteiger charge is -1.96. The third kappa shape index (κ3) is 3.85. The van der Waals surface area contributed by atoms with Gasteiger partial charge in [0.1, 0.15) is 0 Å². The smallest absolute Gasteiger partial charge is 0.267 e. The Bertz CT molecular complexity index is 509. The maximum atomic E-state index is 11.2. The van der Waals surface area contributed by atoms with Crippen LogP contribution in [-0.2, 0) is 14.3 Å². The Labute approximate surface area is 95.1 Å². The van der Waals surface area contributed by atoms with Crippen LogP contribution >= 0.6 is 0 Å². The zero-order chi connectivity index (χ0) is 12.0. The van der Waals surface area contributed by atoms with E-state index in [0.29, 0.717) is 11.3 Å². The van der Waals surface area contributed by atoms with Gasteiger partial charge in [0, 0.05) is 0 Å². The first-order valence-electron chi connectivity index (χ1n) is 4.62. The monoisotopic (exact) mass is 237 g/mol. The summed E-state index contributed by atoms with van der Waals surface area (Å²) < 4.78 is 26.9. The number of hydrogen-bond acceptors (Lipinski definition) is 3. The van der Waals surface area contributed by atoms with Crippen molar-refractivity contribution in [3.8, 4) is 0 Å². The van der Waals surface area contributed by atoms with Crippen LogP contribution in [0.15, 0.2) is 29.7 Å². The van der Waals surface area contributed by atoms with E-state index in [0.717, 1.165) is 5.41 Å². The fraction of sp³-hybridized carbons (Fsp3) is 0.182. The molecule has 1 aromatic rings. The van der Waals surface area contributed by atoms with Crippen molar-refractivity contribution in [2.24, 2.45) is 0 Å². The van der Waals surface area contributed by atoms with Crippen LogP contribution in [0.4, 0.5) is 5.69 Å². The maximum Gasteiger partial charge on any atom is 0.290 e. The molecule has 84 valence electrons. The van der Waals surface area contributed by atoms with Crippen LogP contribution in [-0.4, -0.2) is 15.0 Å². The molecule has 0 aliphatic rings. The molecule has 0 saturated heterocycles. The van der Waals surface area contributed by atoms with Crippen molar-refractivity contribution in [1.29, 1.82) is 0 Å². The van der Waals surface area contributed by atoms with E-state index in [1.807, 2.05) is 0 Å². The van der Waals surface area contributed by atoms with Gasteiger partial charge in [-0.1, -0.05) is 24.3 Å². The summed E-state index contributed by atoms with van der Waals surface area (Å²) in [6, 6.07) is 6.59. The number of benzene rings is 1. The second-order valence-corrected chi connectivity index (χ2v) is 4.40. The van der Waals surface area contributed by atoms with Crippen molar-refractivity contribution in [3.05, 3.63) is 46.7 Å². The zero-order valence-corrected chi connectivity index (χ0v) is 9.57. The molecule has 0 aliphatic carbocycles. The van der Waals surface area contributed by atoms with Gasteiger partial charge in [0.25, 0.3) is 10.1 Å². The molecule has 0 radical (unpaired) electrons. The molecule has 0 bridgehead atoms. The molecule has 1 aromatic carbocycles. The summed E-state index contributed by atoms with van der Waals surface area (Å²) in [4.78, 5) is 3.23. The van der Waals surface area contributed by atoms with E-state index in [-0.39, 0.29) is 6.61 Å². The van der Waals surface area contributed by atoms with Crippen LogP contribution in [0.1, 0.15) is 12.5 Å². The van der Waals surface area contributed by atoms with Crippen LogP contribution in [0.2, 0.25) is 0 Å². The van der Waals surface area contributed by atoms with E-state index in [1.165, 1.54) is 6.08 Å². The first-order valence-corrected chi connectivity index (χ1v) is 6.09. The van der Waals surface area contributed by atoms with E-state index < -0.39 is 10.1 Å². The molecule has 0 spiro atoms. The van der Waals surface area contributed by atoms with Gasteiger partial charge in [-0.25, -0.2) is 4.85 Å². The molecule has 5 heteroatoms. The van der Waals surface area contributed by atoms with Crippen LogP contribution < -0.4 is 0 Å². The predicted molar refractivity (Wildman–Crippen MR) is 62.3 cm³/mol. The molecule has 1 rings (SSSR count). The lowest BCUT2D eigenvalue weighted by Crippen LogP contribution is -2.00. The molecular formula is C11H11NO3S. The first kappa shape index (κ1) is 12.4. The van der Waals surface area contributed by atoms with Crippen LogP contribution in [0.5, 0.6) is 0 Å². The van der Waals surface area contributed by atoms with Gasteiger partial charge in [0.05, 0.1) is 18.6 Å². The average molecular weight is 237 g/mol. The Morgan fingerprint density at radius 3 is 2.50 bits per heavy atom. The standard InChI is InChI=1S/C11H11NO3S/c1-3-15-16(13,14)9-8-10-4-6-11(12-2)7-5-10/h4-9H,3H2,1H3/b9-8+. The fourth-order valence-corrected chi connectivity index (χ4v) is 1.76. The molecule has 0 atom stereocenters. The van der Waals surface area contributed by atoms with Gasteiger partial charge in [-0.3, -0.25) is 4.18 Å². The second-order valence-electron chi connectivity index (χ2n) is 2.91. The second kappa shape index (κ2) is 5.45. The summed E-state index contributed by atoms with van der Waals surface area (Å²) in [5, 5.41) is 1.00. The SMILES string of the molecule is [C-]#[N+]c1ccc(/C=C/S(=O)(=O)OCC)cc1. The van der Waals surface area contributed by atoms with Gasteiger partial charge in [-0.05, 0) is 18.6 Å². The molecule has 4 nitrogen and oxygen atoms in total. The third-order valence-corrected chi connectivity index (χ3v) is 2.77. The minimum absolute atomic E-state index is 0.114. The van der Waals surface area contributed by atoms with Crippen LogP contribution in [0, 0.1) is 6.57 Å². The van der Waals surface area contributed by atoms with Crippen molar-refractivity contribution < 1.29 is 12.6 Å². The first-order chi connectivity index (χ1) is 7.57. The molecule has 0 amide bonds. The quantitative estimate of drug-likeness (QED) is 0.597. The molecule has 0 aliphatic heterocycles. The highest BCUT2D eigenvalue weighted by molar-refractivity contribution is 7.89. The minimum Gasteiger partial charge on any atom is -0.267 e. The largest absolute Gasteiger partial charge is 0.290 e. The molecule has 0 unspecified atom stereocenters. The van der Waals surface area contributed by atoms with Crippen molar-refractivity contribution in [3.63, 3.8) is 0 Å². The molecule has 0 aromatic heterocycles. The van der Waals surface area contributed by atoms with Gasteiger partial charge >= 0.3 is 0 Å². The van der Waals surface area contributed by atoms with E-state index in [9.17, 15) is 8.42 Å². The van der Waals surface area contributed by atoms with Crippen molar-refractivity contribution in [2.75, 3.05) is 6.61 Å². The lowest BCUT2D eigenvalue weighted by atomic mass is 10.2. The van der Waals surface area contributed by atoms with Gasteiger partial charge in [0.2, 0.25) is 0 Å². The van der Waals surface area contributed by atoms with Crippen molar-refractivity contribution in [1.82, 2.24) is 0 Å². The summed E-state index contributed by atoms with van der Waals surface area (Å²) in [5.74, 6) is 0. The summed E-state index contributed by atoms with van der Waals surface area (Å²) in [6.07, 6.45) is 1.43.